The summed E-state index contributed by atoms with van der Waals surface area (Å²) in [5.74, 6) is -0.624. The van der Waals surface area contributed by atoms with Gasteiger partial charge in [-0.15, -0.1) is 0 Å². The van der Waals surface area contributed by atoms with Crippen LogP contribution in [0.15, 0.2) is 18.2 Å². The van der Waals surface area contributed by atoms with Crippen molar-refractivity contribution in [1.82, 2.24) is 5.32 Å². The normalized spacial score (nSPS) is 12.4. The van der Waals surface area contributed by atoms with E-state index < -0.39 is 0 Å². The number of nitrogens with one attached hydrogen (secondary N) is 1. The van der Waals surface area contributed by atoms with E-state index in [0.717, 1.165) is 0 Å². The van der Waals surface area contributed by atoms with E-state index in [0.29, 0.717) is 5.56 Å². The summed E-state index contributed by atoms with van der Waals surface area (Å²) in [6.07, 6.45) is 0. The van der Waals surface area contributed by atoms with E-state index >= 15 is 0 Å². The number of phenols is 2. The molecule has 1 aromatic rings. The highest BCUT2D eigenvalue weighted by atomic mass is 16.3. The number of carbonyl (C=O) groups excluding carboxylic acids is 1. The van der Waals surface area contributed by atoms with Crippen LogP contribution in [-0.4, -0.2) is 29.1 Å². The standard InChI is InChI=1S/C10H13NO3/c1-6(11-2)10(14)7-3-4-8(12)9(13)5-7/h3-6,11-13H,1-2H3. The number of benzene rings is 1. The van der Waals surface area contributed by atoms with Gasteiger partial charge in [0, 0.05) is 5.56 Å². The van der Waals surface area contributed by atoms with Crippen molar-refractivity contribution < 1.29 is 15.0 Å². The summed E-state index contributed by atoms with van der Waals surface area (Å²) in [6, 6.07) is 3.72. The molecule has 4 nitrogen and oxygen atoms in total. The number of Topliss-reactive ketones (excluding diaryl/α,β-unsaturated/α-hetero) is 1. The Morgan fingerprint density at radius 3 is 2.50 bits per heavy atom. The molecular formula is C10H13NO3. The SMILES string of the molecule is CNC(C)C(=O)c1ccc(O)c(O)c1. The molecule has 0 aliphatic carbocycles. The molecule has 0 amide bonds. The lowest BCUT2D eigenvalue weighted by molar-refractivity contribution is 0.0954. The van der Waals surface area contributed by atoms with Crippen LogP contribution in [0.2, 0.25) is 0 Å². The maximum absolute atomic E-state index is 11.6. The summed E-state index contributed by atoms with van der Waals surface area (Å²) >= 11 is 0. The van der Waals surface area contributed by atoms with Crippen molar-refractivity contribution >= 4 is 5.78 Å². The summed E-state index contributed by atoms with van der Waals surface area (Å²) < 4.78 is 0. The average molecular weight is 195 g/mol. The van der Waals surface area contributed by atoms with Crippen molar-refractivity contribution in [3.63, 3.8) is 0 Å². The molecule has 76 valence electrons. The van der Waals surface area contributed by atoms with Crippen LogP contribution in [0.4, 0.5) is 0 Å². The Hall–Kier alpha value is -1.55. The van der Waals surface area contributed by atoms with Crippen molar-refractivity contribution in [1.29, 1.82) is 0 Å². The van der Waals surface area contributed by atoms with E-state index in [1.807, 2.05) is 0 Å². The smallest absolute Gasteiger partial charge is 0.179 e. The van der Waals surface area contributed by atoms with Gasteiger partial charge in [0.2, 0.25) is 0 Å². The first-order chi connectivity index (χ1) is 6.56. The van der Waals surface area contributed by atoms with Crippen LogP contribution in [-0.2, 0) is 0 Å². The summed E-state index contributed by atoms with van der Waals surface area (Å²) in [6.45, 7) is 1.73. The first-order valence-corrected chi connectivity index (χ1v) is 4.29. The van der Waals surface area contributed by atoms with Gasteiger partial charge in [0.15, 0.2) is 17.3 Å². The molecule has 1 rings (SSSR count). The molecule has 1 atom stereocenters. The van der Waals surface area contributed by atoms with Gasteiger partial charge in [-0.25, -0.2) is 0 Å². The largest absolute Gasteiger partial charge is 0.504 e. The second-order valence-electron chi connectivity index (χ2n) is 3.08. The maximum Gasteiger partial charge on any atom is 0.179 e. The Balaban J connectivity index is 2.97. The monoisotopic (exact) mass is 195 g/mol. The predicted molar refractivity (Wildman–Crippen MR) is 52.6 cm³/mol. The van der Waals surface area contributed by atoms with Gasteiger partial charge >= 0.3 is 0 Å². The molecule has 0 spiro atoms. The Bertz CT molecular complexity index is 349. The van der Waals surface area contributed by atoms with Crippen molar-refractivity contribution in [2.75, 3.05) is 7.05 Å². The van der Waals surface area contributed by atoms with Gasteiger partial charge in [-0.1, -0.05) is 0 Å². The van der Waals surface area contributed by atoms with Crippen molar-refractivity contribution in [3.8, 4) is 11.5 Å². The molecule has 0 aliphatic rings. The molecule has 14 heavy (non-hydrogen) atoms. The van der Waals surface area contributed by atoms with Crippen LogP contribution >= 0.6 is 0 Å². The molecule has 0 heterocycles. The quantitative estimate of drug-likeness (QED) is 0.495. The van der Waals surface area contributed by atoms with Gasteiger partial charge in [-0.3, -0.25) is 4.79 Å². The Labute approximate surface area is 82.2 Å². The van der Waals surface area contributed by atoms with E-state index in [1.165, 1.54) is 18.2 Å². The van der Waals surface area contributed by atoms with Gasteiger partial charge in [0.05, 0.1) is 6.04 Å². The third-order valence-electron chi connectivity index (χ3n) is 2.09. The molecular weight excluding hydrogens is 182 g/mol. The summed E-state index contributed by atoms with van der Waals surface area (Å²) in [7, 11) is 1.68. The van der Waals surface area contributed by atoms with Gasteiger partial charge in [0.25, 0.3) is 0 Å². The first-order valence-electron chi connectivity index (χ1n) is 4.29. The Morgan fingerprint density at radius 2 is 2.00 bits per heavy atom. The molecule has 0 bridgehead atoms. The summed E-state index contributed by atoms with van der Waals surface area (Å²) in [4.78, 5) is 11.6. The summed E-state index contributed by atoms with van der Waals surface area (Å²) in [5.41, 5.74) is 0.377. The number of ketones is 1. The van der Waals surface area contributed by atoms with Crippen LogP contribution in [0.5, 0.6) is 11.5 Å². The predicted octanol–water partition coefficient (Wildman–Crippen LogP) is 0.888. The van der Waals surface area contributed by atoms with Crippen molar-refractivity contribution in [3.05, 3.63) is 23.8 Å². The average Bonchev–Trinajstić information content (AvgIpc) is 2.20. The van der Waals surface area contributed by atoms with Crippen LogP contribution in [0.1, 0.15) is 17.3 Å². The highest BCUT2D eigenvalue weighted by molar-refractivity contribution is 6.00. The maximum atomic E-state index is 11.6. The van der Waals surface area contributed by atoms with Crippen LogP contribution < -0.4 is 5.32 Å². The molecule has 0 aliphatic heterocycles. The lowest BCUT2D eigenvalue weighted by Crippen LogP contribution is -2.30. The lowest BCUT2D eigenvalue weighted by Gasteiger charge is -2.09. The number of hydrogen-bond acceptors (Lipinski definition) is 4. The van der Waals surface area contributed by atoms with Crippen molar-refractivity contribution in [2.45, 2.75) is 13.0 Å². The van der Waals surface area contributed by atoms with E-state index in [1.54, 1.807) is 14.0 Å². The first kappa shape index (κ1) is 10.5. The summed E-state index contributed by atoms with van der Waals surface area (Å²) in [5, 5.41) is 21.0. The van der Waals surface area contributed by atoms with Crippen LogP contribution in [0.25, 0.3) is 0 Å². The molecule has 0 fully saturated rings. The van der Waals surface area contributed by atoms with E-state index in [4.69, 9.17) is 5.11 Å². The fourth-order valence-corrected chi connectivity index (χ4v) is 1.06. The zero-order chi connectivity index (χ0) is 10.7. The van der Waals surface area contributed by atoms with Gasteiger partial charge in [-0.05, 0) is 32.2 Å². The number of phenolic OH excluding ortho intramolecular Hbond substituents is 2. The van der Waals surface area contributed by atoms with Gasteiger partial charge < -0.3 is 15.5 Å². The molecule has 3 N–H and O–H groups in total. The highest BCUT2D eigenvalue weighted by Crippen LogP contribution is 2.25. The third-order valence-corrected chi connectivity index (χ3v) is 2.09. The fourth-order valence-electron chi connectivity index (χ4n) is 1.06. The molecule has 1 aromatic carbocycles. The Kier molecular flexibility index (Phi) is 3.09. The van der Waals surface area contributed by atoms with Crippen LogP contribution in [0, 0.1) is 0 Å². The number of aromatic hydroxyl groups is 2. The fraction of sp³-hybridized carbons (Fsp3) is 0.300. The number of hydrogen-bond donors (Lipinski definition) is 3. The second kappa shape index (κ2) is 4.11. The highest BCUT2D eigenvalue weighted by Gasteiger charge is 2.14. The molecule has 0 radical (unpaired) electrons. The topological polar surface area (TPSA) is 69.6 Å². The van der Waals surface area contributed by atoms with E-state index in [-0.39, 0.29) is 23.3 Å². The number of carbonyl (C=O) groups is 1. The number of likely N-dealkylation sites (N-methyl/N-ethyl adjacent to an activating group) is 1. The third kappa shape index (κ3) is 2.03. The zero-order valence-electron chi connectivity index (χ0n) is 8.11. The minimum Gasteiger partial charge on any atom is -0.504 e. The minimum absolute atomic E-state index is 0.122. The Morgan fingerprint density at radius 1 is 1.36 bits per heavy atom. The van der Waals surface area contributed by atoms with E-state index in [2.05, 4.69) is 5.32 Å². The van der Waals surface area contributed by atoms with Crippen molar-refractivity contribution in [2.24, 2.45) is 0 Å². The zero-order valence-corrected chi connectivity index (χ0v) is 8.11. The molecule has 1 unspecified atom stereocenters. The molecule has 4 heteroatoms. The second-order valence-corrected chi connectivity index (χ2v) is 3.08. The van der Waals surface area contributed by atoms with E-state index in [9.17, 15) is 9.90 Å². The lowest BCUT2D eigenvalue weighted by atomic mass is 10.1. The van der Waals surface area contributed by atoms with Gasteiger partial charge in [0.1, 0.15) is 0 Å². The molecule has 0 saturated heterocycles. The van der Waals surface area contributed by atoms with Gasteiger partial charge in [-0.2, -0.15) is 0 Å². The molecule has 0 aromatic heterocycles. The van der Waals surface area contributed by atoms with Crippen LogP contribution in [0.3, 0.4) is 0 Å². The molecule has 0 saturated carbocycles. The minimum atomic E-state index is -0.307. The number of rotatable bonds is 3.